The molecule has 1 aromatic carbocycles. The normalized spacial score (nSPS) is 11.6. The summed E-state index contributed by atoms with van der Waals surface area (Å²) < 4.78 is 43.0. The van der Waals surface area contributed by atoms with Crippen molar-refractivity contribution in [2.45, 2.75) is 13.1 Å². The molecule has 0 amide bonds. The fourth-order valence-corrected chi connectivity index (χ4v) is 1.40. The van der Waals surface area contributed by atoms with E-state index in [-0.39, 0.29) is 12.2 Å². The van der Waals surface area contributed by atoms with E-state index in [9.17, 15) is 22.9 Å². The largest absolute Gasteiger partial charge is 0.463 e. The van der Waals surface area contributed by atoms with Crippen molar-refractivity contribution in [3.05, 3.63) is 40.3 Å². The highest BCUT2D eigenvalue weighted by molar-refractivity contribution is 5.87. The molecule has 108 valence electrons. The topological polar surface area (TPSA) is 66.6 Å². The highest BCUT2D eigenvalue weighted by atomic mass is 19.4. The van der Waals surface area contributed by atoms with E-state index in [1.165, 1.54) is 0 Å². The number of carbonyl (C=O) groups is 1. The number of rotatable bonds is 4. The third kappa shape index (κ3) is 4.08. The second kappa shape index (κ2) is 6.18. The van der Waals surface area contributed by atoms with Gasteiger partial charge >= 0.3 is 17.8 Å². The van der Waals surface area contributed by atoms with E-state index in [1.54, 1.807) is 6.92 Å². The van der Waals surface area contributed by atoms with Crippen LogP contribution in [0.15, 0.2) is 24.3 Å². The molecule has 0 atom stereocenters. The summed E-state index contributed by atoms with van der Waals surface area (Å²) in [6.45, 7) is 1.66. The summed E-state index contributed by atoms with van der Waals surface area (Å²) in [5, 5.41) is 8.61. The molecule has 0 aliphatic carbocycles. The second-order valence-electron chi connectivity index (χ2n) is 3.63. The first-order valence-corrected chi connectivity index (χ1v) is 5.48. The third-order valence-corrected chi connectivity index (χ3v) is 2.25. The standard InChI is InChI=1S/C12H11F3NO4/c1-2-20-11(17)6-4-8-3-5-9(16(18)19)7-10(8)12(13,14)15/h3-7H,2H2,1H3,(H,18,19)/q+1/b6-4+. The summed E-state index contributed by atoms with van der Waals surface area (Å²) in [7, 11) is 0. The molecular formula is C12H11F3NO4+. The van der Waals surface area contributed by atoms with Crippen molar-refractivity contribution in [3.63, 3.8) is 0 Å². The molecule has 0 bridgehead atoms. The first-order chi connectivity index (χ1) is 9.25. The van der Waals surface area contributed by atoms with Gasteiger partial charge in [-0.25, -0.2) is 10.0 Å². The van der Waals surface area contributed by atoms with E-state index in [0.717, 1.165) is 24.3 Å². The Bertz CT molecular complexity index is 552. The zero-order valence-electron chi connectivity index (χ0n) is 10.3. The third-order valence-electron chi connectivity index (χ3n) is 2.25. The van der Waals surface area contributed by atoms with Crippen molar-refractivity contribution in [2.75, 3.05) is 6.61 Å². The average Bonchev–Trinajstić information content (AvgIpc) is 2.35. The van der Waals surface area contributed by atoms with Gasteiger partial charge in [-0.05, 0) is 24.6 Å². The van der Waals surface area contributed by atoms with Gasteiger partial charge in [0.2, 0.25) is 0 Å². The Labute approximate surface area is 111 Å². The van der Waals surface area contributed by atoms with E-state index in [4.69, 9.17) is 5.21 Å². The SMILES string of the molecule is CCOC(=O)/C=C/c1ccc([N+](=O)O)cc1C(F)(F)F. The van der Waals surface area contributed by atoms with Gasteiger partial charge in [0.25, 0.3) is 4.92 Å². The van der Waals surface area contributed by atoms with E-state index in [2.05, 4.69) is 4.74 Å². The average molecular weight is 290 g/mol. The number of alkyl halides is 3. The lowest BCUT2D eigenvalue weighted by atomic mass is 10.1. The maximum atomic E-state index is 12.8. The van der Waals surface area contributed by atoms with Crippen LogP contribution in [0.1, 0.15) is 18.1 Å². The molecule has 0 saturated carbocycles. The molecule has 5 nitrogen and oxygen atoms in total. The molecule has 0 radical (unpaired) electrons. The molecule has 0 spiro atoms. The Kier molecular flexibility index (Phi) is 4.84. The quantitative estimate of drug-likeness (QED) is 0.525. The predicted molar refractivity (Wildman–Crippen MR) is 62.2 cm³/mol. The van der Waals surface area contributed by atoms with Gasteiger partial charge in [-0.2, -0.15) is 13.2 Å². The minimum atomic E-state index is -4.74. The van der Waals surface area contributed by atoms with E-state index < -0.39 is 28.3 Å². The summed E-state index contributed by atoms with van der Waals surface area (Å²) in [4.78, 5) is 21.0. The van der Waals surface area contributed by atoms with Crippen molar-refractivity contribution >= 4 is 17.7 Å². The van der Waals surface area contributed by atoms with Gasteiger partial charge in [0.1, 0.15) is 0 Å². The van der Waals surface area contributed by atoms with Crippen LogP contribution in [0, 0.1) is 4.91 Å². The minimum absolute atomic E-state index is 0.101. The zero-order chi connectivity index (χ0) is 15.3. The van der Waals surface area contributed by atoms with Gasteiger partial charge in [0, 0.05) is 18.2 Å². The van der Waals surface area contributed by atoms with Crippen LogP contribution in [0.5, 0.6) is 0 Å². The Morgan fingerprint density at radius 1 is 1.45 bits per heavy atom. The van der Waals surface area contributed by atoms with Crippen molar-refractivity contribution in [3.8, 4) is 0 Å². The first-order valence-electron chi connectivity index (χ1n) is 5.48. The zero-order valence-corrected chi connectivity index (χ0v) is 10.3. The second-order valence-corrected chi connectivity index (χ2v) is 3.63. The van der Waals surface area contributed by atoms with Crippen LogP contribution in [0.25, 0.3) is 6.08 Å². The number of nitrogens with zero attached hydrogens (tertiary/aromatic N) is 1. The smallest absolute Gasteiger partial charge is 0.417 e. The Morgan fingerprint density at radius 3 is 2.60 bits per heavy atom. The number of halogens is 3. The van der Waals surface area contributed by atoms with Crippen LogP contribution in [0.3, 0.4) is 0 Å². The number of esters is 1. The Balaban J connectivity index is 3.19. The molecule has 0 unspecified atom stereocenters. The van der Waals surface area contributed by atoms with Crippen LogP contribution < -0.4 is 0 Å². The van der Waals surface area contributed by atoms with E-state index in [0.29, 0.717) is 6.07 Å². The summed E-state index contributed by atoms with van der Waals surface area (Å²) in [6, 6.07) is 2.44. The summed E-state index contributed by atoms with van der Waals surface area (Å²) in [6.07, 6.45) is -2.96. The fourth-order valence-electron chi connectivity index (χ4n) is 1.40. The van der Waals surface area contributed by atoms with Crippen LogP contribution in [-0.4, -0.2) is 22.7 Å². The molecule has 0 aliphatic heterocycles. The van der Waals surface area contributed by atoms with Crippen molar-refractivity contribution < 1.29 is 32.8 Å². The summed E-state index contributed by atoms with van der Waals surface area (Å²) in [5.74, 6) is -0.780. The maximum absolute atomic E-state index is 12.8. The van der Waals surface area contributed by atoms with Crippen molar-refractivity contribution in [1.82, 2.24) is 0 Å². The van der Waals surface area contributed by atoms with Crippen LogP contribution in [-0.2, 0) is 15.7 Å². The summed E-state index contributed by atoms with van der Waals surface area (Å²) in [5.41, 5.74) is -2.03. The molecule has 1 N–H and O–H groups in total. The Morgan fingerprint density at radius 2 is 2.10 bits per heavy atom. The van der Waals surface area contributed by atoms with E-state index in [1.807, 2.05) is 0 Å². The van der Waals surface area contributed by atoms with Crippen LogP contribution in [0.4, 0.5) is 18.9 Å². The molecule has 0 heterocycles. The molecular weight excluding hydrogens is 279 g/mol. The molecule has 8 heteroatoms. The predicted octanol–water partition coefficient (Wildman–Crippen LogP) is 3.08. The lowest BCUT2D eigenvalue weighted by Crippen LogP contribution is -2.08. The highest BCUT2D eigenvalue weighted by Gasteiger charge is 2.35. The number of carbonyl (C=O) groups excluding carboxylic acids is 1. The molecule has 0 aromatic heterocycles. The number of ether oxygens (including phenoxy) is 1. The monoisotopic (exact) mass is 290 g/mol. The van der Waals surface area contributed by atoms with Crippen LogP contribution in [0.2, 0.25) is 0 Å². The highest BCUT2D eigenvalue weighted by Crippen LogP contribution is 2.34. The van der Waals surface area contributed by atoms with Gasteiger partial charge in [-0.1, -0.05) is 0 Å². The number of hydrogen-bond donors (Lipinski definition) is 1. The molecule has 0 aliphatic rings. The fraction of sp³-hybridized carbons (Fsp3) is 0.250. The molecule has 1 aromatic rings. The van der Waals surface area contributed by atoms with Crippen LogP contribution >= 0.6 is 0 Å². The van der Waals surface area contributed by atoms with Gasteiger partial charge < -0.3 is 4.74 Å². The maximum Gasteiger partial charge on any atom is 0.417 e. The van der Waals surface area contributed by atoms with E-state index >= 15 is 0 Å². The molecule has 0 saturated heterocycles. The van der Waals surface area contributed by atoms with Gasteiger partial charge in [0.15, 0.2) is 0 Å². The first kappa shape index (κ1) is 15.7. The van der Waals surface area contributed by atoms with Gasteiger partial charge in [-0.3, -0.25) is 0 Å². The number of benzene rings is 1. The Hall–Kier alpha value is -2.38. The molecule has 1 rings (SSSR count). The molecule has 20 heavy (non-hydrogen) atoms. The van der Waals surface area contributed by atoms with Gasteiger partial charge in [-0.15, -0.1) is 0 Å². The van der Waals surface area contributed by atoms with Crippen molar-refractivity contribution in [1.29, 1.82) is 0 Å². The number of hydrogen-bond acceptors (Lipinski definition) is 3. The lowest BCUT2D eigenvalue weighted by molar-refractivity contribution is -0.729. The summed E-state index contributed by atoms with van der Waals surface area (Å²) >= 11 is 0. The molecule has 0 fully saturated rings. The van der Waals surface area contributed by atoms with Crippen molar-refractivity contribution in [2.24, 2.45) is 0 Å². The minimum Gasteiger partial charge on any atom is -0.463 e. The lowest BCUT2D eigenvalue weighted by Gasteiger charge is -2.09. The van der Waals surface area contributed by atoms with Gasteiger partial charge in [0.05, 0.1) is 17.1 Å².